The van der Waals surface area contributed by atoms with Gasteiger partial charge >= 0.3 is 0 Å². The normalized spacial score (nSPS) is 14.9. The first-order chi connectivity index (χ1) is 7.58. The molecule has 1 heterocycles. The number of benzene rings is 1. The zero-order valence-electron chi connectivity index (χ0n) is 9.45. The van der Waals surface area contributed by atoms with Crippen LogP contribution in [0.4, 0.5) is 0 Å². The first-order valence-electron chi connectivity index (χ1n) is 5.23. The highest BCUT2D eigenvalue weighted by molar-refractivity contribution is 5.76. The van der Waals surface area contributed by atoms with Crippen LogP contribution >= 0.6 is 0 Å². The van der Waals surface area contributed by atoms with E-state index >= 15 is 0 Å². The van der Waals surface area contributed by atoms with Crippen LogP contribution in [0.1, 0.15) is 30.5 Å². The van der Waals surface area contributed by atoms with Crippen LogP contribution in [0.3, 0.4) is 0 Å². The van der Waals surface area contributed by atoms with Crippen molar-refractivity contribution in [3.8, 4) is 11.5 Å². The Hall–Kier alpha value is -1.55. The van der Waals surface area contributed by atoms with Gasteiger partial charge in [-0.05, 0) is 37.1 Å². The fraction of sp³-hybridized carbons (Fsp3) is 0.417. The molecule has 0 fully saturated rings. The van der Waals surface area contributed by atoms with Gasteiger partial charge in [-0.2, -0.15) is 0 Å². The van der Waals surface area contributed by atoms with Crippen LogP contribution in [0, 0.1) is 6.92 Å². The summed E-state index contributed by atoms with van der Waals surface area (Å²) in [4.78, 5) is 11.0. The van der Waals surface area contributed by atoms with E-state index < -0.39 is 0 Å². The Labute approximate surface area is 94.3 Å². The molecule has 0 aromatic heterocycles. The number of hydrogen-bond donors (Lipinski definition) is 1. The molecular formula is C12H15NO3. The Morgan fingerprint density at radius 2 is 2.06 bits per heavy atom. The van der Waals surface area contributed by atoms with Crippen LogP contribution in [-0.4, -0.2) is 12.6 Å². The van der Waals surface area contributed by atoms with Gasteiger partial charge in [0.1, 0.15) is 5.78 Å². The van der Waals surface area contributed by atoms with E-state index in [9.17, 15) is 4.79 Å². The predicted molar refractivity (Wildman–Crippen MR) is 59.5 cm³/mol. The third-order valence-corrected chi connectivity index (χ3v) is 2.67. The minimum Gasteiger partial charge on any atom is -0.454 e. The van der Waals surface area contributed by atoms with Gasteiger partial charge in [0.15, 0.2) is 11.5 Å². The fourth-order valence-electron chi connectivity index (χ4n) is 1.88. The van der Waals surface area contributed by atoms with Crippen LogP contribution < -0.4 is 15.2 Å². The Kier molecular flexibility index (Phi) is 2.83. The lowest BCUT2D eigenvalue weighted by molar-refractivity contribution is -0.117. The molecule has 0 spiro atoms. The maximum Gasteiger partial charge on any atom is 0.231 e. The number of fused-ring (bicyclic) bond motifs is 1. The number of rotatable bonds is 3. The summed E-state index contributed by atoms with van der Waals surface area (Å²) in [5.74, 6) is 1.54. The van der Waals surface area contributed by atoms with Gasteiger partial charge in [0, 0.05) is 12.5 Å². The molecule has 0 bridgehead atoms. The average molecular weight is 221 g/mol. The van der Waals surface area contributed by atoms with Crippen molar-refractivity contribution in [1.82, 2.24) is 0 Å². The molecule has 1 aromatic rings. The molecule has 1 aliphatic rings. The summed E-state index contributed by atoms with van der Waals surface area (Å²) in [5.41, 5.74) is 7.94. The van der Waals surface area contributed by atoms with Crippen molar-refractivity contribution in [3.63, 3.8) is 0 Å². The molecule has 0 saturated heterocycles. The Balaban J connectivity index is 2.30. The smallest absolute Gasteiger partial charge is 0.231 e. The SMILES string of the molecule is CC(=O)CC(N)c1cc2c(cc1C)OCO2. The molecule has 2 N–H and O–H groups in total. The molecule has 0 radical (unpaired) electrons. The molecule has 1 aliphatic heterocycles. The molecule has 0 saturated carbocycles. The van der Waals surface area contributed by atoms with E-state index in [0.29, 0.717) is 12.2 Å². The molecule has 86 valence electrons. The van der Waals surface area contributed by atoms with Gasteiger partial charge in [0.05, 0.1) is 0 Å². The quantitative estimate of drug-likeness (QED) is 0.843. The maximum absolute atomic E-state index is 11.0. The van der Waals surface area contributed by atoms with Crippen molar-refractivity contribution in [2.75, 3.05) is 6.79 Å². The molecule has 4 nitrogen and oxygen atoms in total. The molecule has 1 aromatic carbocycles. The standard InChI is InChI=1S/C12H15NO3/c1-7-3-11-12(16-6-15-11)5-9(7)10(13)4-8(2)14/h3,5,10H,4,6,13H2,1-2H3. The van der Waals surface area contributed by atoms with Gasteiger partial charge in [-0.3, -0.25) is 4.79 Å². The second kappa shape index (κ2) is 4.14. The summed E-state index contributed by atoms with van der Waals surface area (Å²) in [5, 5.41) is 0. The van der Waals surface area contributed by atoms with Crippen molar-refractivity contribution >= 4 is 5.78 Å². The lowest BCUT2D eigenvalue weighted by Crippen LogP contribution is -2.15. The summed E-state index contributed by atoms with van der Waals surface area (Å²) in [6, 6.07) is 3.50. The Morgan fingerprint density at radius 3 is 2.69 bits per heavy atom. The molecule has 2 rings (SSSR count). The van der Waals surface area contributed by atoms with Gasteiger partial charge in [0.2, 0.25) is 6.79 Å². The van der Waals surface area contributed by atoms with Crippen molar-refractivity contribution in [2.24, 2.45) is 5.73 Å². The molecule has 0 amide bonds. The first-order valence-corrected chi connectivity index (χ1v) is 5.23. The lowest BCUT2D eigenvalue weighted by Gasteiger charge is -2.14. The van der Waals surface area contributed by atoms with Crippen LogP contribution in [-0.2, 0) is 4.79 Å². The van der Waals surface area contributed by atoms with E-state index in [4.69, 9.17) is 15.2 Å². The third-order valence-electron chi connectivity index (χ3n) is 2.67. The van der Waals surface area contributed by atoms with E-state index in [0.717, 1.165) is 16.9 Å². The summed E-state index contributed by atoms with van der Waals surface area (Å²) >= 11 is 0. The van der Waals surface area contributed by atoms with Crippen LogP contribution in [0.15, 0.2) is 12.1 Å². The lowest BCUT2D eigenvalue weighted by atomic mass is 9.97. The van der Waals surface area contributed by atoms with Gasteiger partial charge < -0.3 is 15.2 Å². The Bertz CT molecular complexity index is 429. The highest BCUT2D eigenvalue weighted by atomic mass is 16.7. The summed E-state index contributed by atoms with van der Waals surface area (Å²) < 4.78 is 10.6. The predicted octanol–water partition coefficient (Wildman–Crippen LogP) is 1.70. The molecule has 16 heavy (non-hydrogen) atoms. The number of ether oxygens (including phenoxy) is 2. The zero-order valence-corrected chi connectivity index (χ0v) is 9.45. The fourth-order valence-corrected chi connectivity index (χ4v) is 1.88. The monoisotopic (exact) mass is 221 g/mol. The second-order valence-corrected chi connectivity index (χ2v) is 4.07. The van der Waals surface area contributed by atoms with Gasteiger partial charge in [0.25, 0.3) is 0 Å². The topological polar surface area (TPSA) is 61.6 Å². The molecule has 4 heteroatoms. The minimum absolute atomic E-state index is 0.0876. The van der Waals surface area contributed by atoms with Crippen LogP contribution in [0.5, 0.6) is 11.5 Å². The first kappa shape index (κ1) is 11.0. The molecule has 0 aliphatic carbocycles. The second-order valence-electron chi connectivity index (χ2n) is 4.07. The van der Waals surface area contributed by atoms with Crippen molar-refractivity contribution in [2.45, 2.75) is 26.3 Å². The molecular weight excluding hydrogens is 206 g/mol. The number of aryl methyl sites for hydroxylation is 1. The van der Waals surface area contributed by atoms with E-state index in [1.54, 1.807) is 6.92 Å². The summed E-state index contributed by atoms with van der Waals surface area (Å²) in [7, 11) is 0. The van der Waals surface area contributed by atoms with Gasteiger partial charge in [-0.15, -0.1) is 0 Å². The number of nitrogens with two attached hydrogens (primary N) is 1. The number of carbonyl (C=O) groups excluding carboxylic acids is 1. The molecule has 1 atom stereocenters. The Morgan fingerprint density at radius 1 is 1.44 bits per heavy atom. The zero-order chi connectivity index (χ0) is 11.7. The number of ketones is 1. The van der Waals surface area contributed by atoms with E-state index in [-0.39, 0.29) is 18.6 Å². The third kappa shape index (κ3) is 2.02. The van der Waals surface area contributed by atoms with Gasteiger partial charge in [-0.25, -0.2) is 0 Å². The number of Topliss-reactive ketones (excluding diaryl/α,β-unsaturated/α-hetero) is 1. The summed E-state index contributed by atoms with van der Waals surface area (Å²) in [6.07, 6.45) is 0.348. The number of hydrogen-bond acceptors (Lipinski definition) is 4. The largest absolute Gasteiger partial charge is 0.454 e. The van der Waals surface area contributed by atoms with Crippen LogP contribution in [0.25, 0.3) is 0 Å². The minimum atomic E-state index is -0.271. The van der Waals surface area contributed by atoms with E-state index in [1.165, 1.54) is 0 Å². The van der Waals surface area contributed by atoms with Crippen molar-refractivity contribution < 1.29 is 14.3 Å². The highest BCUT2D eigenvalue weighted by Crippen LogP contribution is 2.36. The summed E-state index contributed by atoms with van der Waals surface area (Å²) in [6.45, 7) is 3.75. The number of carbonyl (C=O) groups is 1. The maximum atomic E-state index is 11.0. The van der Waals surface area contributed by atoms with Crippen LogP contribution in [0.2, 0.25) is 0 Å². The highest BCUT2D eigenvalue weighted by Gasteiger charge is 2.19. The van der Waals surface area contributed by atoms with Crippen molar-refractivity contribution in [1.29, 1.82) is 0 Å². The molecule has 1 unspecified atom stereocenters. The van der Waals surface area contributed by atoms with E-state index in [1.807, 2.05) is 19.1 Å². The average Bonchev–Trinajstić information content (AvgIpc) is 2.61. The van der Waals surface area contributed by atoms with E-state index in [2.05, 4.69) is 0 Å². The van der Waals surface area contributed by atoms with Gasteiger partial charge in [-0.1, -0.05) is 0 Å². The van der Waals surface area contributed by atoms with Crippen molar-refractivity contribution in [3.05, 3.63) is 23.3 Å².